The van der Waals surface area contributed by atoms with Gasteiger partial charge < -0.3 is 20.4 Å². The average molecular weight is 435 g/mol. The van der Waals surface area contributed by atoms with E-state index < -0.39 is 0 Å². The molecule has 1 aromatic heterocycles. The number of hydrogen-bond acceptors (Lipinski definition) is 7. The third kappa shape index (κ3) is 5.50. The second kappa shape index (κ2) is 11.1. The van der Waals surface area contributed by atoms with Gasteiger partial charge in [0.25, 0.3) is 5.91 Å². The van der Waals surface area contributed by atoms with Gasteiger partial charge in [-0.15, -0.1) is 0 Å². The van der Waals surface area contributed by atoms with E-state index in [4.69, 9.17) is 0 Å². The number of aromatic amines is 1. The Balaban J connectivity index is 1.66. The molecule has 3 rings (SSSR count). The van der Waals surface area contributed by atoms with Crippen LogP contribution in [-0.2, 0) is 0 Å². The minimum absolute atomic E-state index is 0.0810. The highest BCUT2D eigenvalue weighted by atomic mass is 16.1. The molecule has 1 aromatic carbocycles. The van der Waals surface area contributed by atoms with Gasteiger partial charge in [0.15, 0.2) is 5.84 Å². The summed E-state index contributed by atoms with van der Waals surface area (Å²) in [4.78, 5) is 21.1. The Morgan fingerprint density at radius 2 is 2.00 bits per heavy atom. The normalized spacial score (nSPS) is 14.0. The highest BCUT2D eigenvalue weighted by molar-refractivity contribution is 6.10. The predicted molar refractivity (Wildman–Crippen MR) is 128 cm³/mol. The van der Waals surface area contributed by atoms with Crippen molar-refractivity contribution >= 4 is 23.1 Å². The second-order valence-corrected chi connectivity index (χ2v) is 7.13. The molecule has 0 fully saturated rings. The Morgan fingerprint density at radius 3 is 2.62 bits per heavy atom. The molecule has 1 amide bonds. The van der Waals surface area contributed by atoms with Crippen molar-refractivity contribution in [3.8, 4) is 0 Å². The number of nitrogens with one attached hydrogen (secondary N) is 3. The maximum Gasteiger partial charge on any atom is 0.251 e. The van der Waals surface area contributed by atoms with Crippen LogP contribution < -0.4 is 10.6 Å². The molecule has 2 aromatic rings. The summed E-state index contributed by atoms with van der Waals surface area (Å²) in [5.74, 6) is 0.523. The predicted octanol–water partition coefficient (Wildman–Crippen LogP) is 3.05. The largest absolute Gasteiger partial charge is 0.351 e. The molecule has 0 bridgehead atoms. The molecule has 0 saturated carbocycles. The molecular weight excluding hydrogens is 404 g/mol. The van der Waals surface area contributed by atoms with Gasteiger partial charge in [-0.05, 0) is 44.3 Å². The number of aliphatic imine (C=N–C) groups is 1. The van der Waals surface area contributed by atoms with Crippen molar-refractivity contribution in [1.29, 1.82) is 0 Å². The molecule has 9 nitrogen and oxygen atoms in total. The van der Waals surface area contributed by atoms with E-state index in [9.17, 15) is 4.79 Å². The third-order valence-corrected chi connectivity index (χ3v) is 5.13. The van der Waals surface area contributed by atoms with Crippen LogP contribution in [0.5, 0.6) is 0 Å². The summed E-state index contributed by atoms with van der Waals surface area (Å²) < 4.78 is 0. The maximum atomic E-state index is 12.4. The van der Waals surface area contributed by atoms with E-state index in [-0.39, 0.29) is 5.91 Å². The van der Waals surface area contributed by atoms with Crippen molar-refractivity contribution in [2.45, 2.75) is 20.8 Å². The quantitative estimate of drug-likeness (QED) is 0.561. The van der Waals surface area contributed by atoms with Crippen LogP contribution in [0.4, 0.5) is 5.69 Å². The van der Waals surface area contributed by atoms with Crippen LogP contribution in [0, 0.1) is 0 Å². The first-order chi connectivity index (χ1) is 15.6. The van der Waals surface area contributed by atoms with Gasteiger partial charge in [0.1, 0.15) is 5.69 Å². The molecule has 0 atom stereocenters. The summed E-state index contributed by atoms with van der Waals surface area (Å²) in [5.41, 5.74) is 3.53. The Kier molecular flexibility index (Phi) is 7.93. The Bertz CT molecular complexity index is 1000. The number of amidine groups is 1. The lowest BCUT2D eigenvalue weighted by Gasteiger charge is -2.28. The van der Waals surface area contributed by atoms with E-state index in [0.717, 1.165) is 31.0 Å². The summed E-state index contributed by atoms with van der Waals surface area (Å²) in [6.07, 6.45) is 7.16. The molecule has 3 N–H and O–H groups in total. The average Bonchev–Trinajstić information content (AvgIpc) is 3.34. The fourth-order valence-electron chi connectivity index (χ4n) is 3.27. The number of likely N-dealkylation sites (N-methyl/N-ethyl adjacent to an activating group) is 1. The van der Waals surface area contributed by atoms with E-state index >= 15 is 0 Å². The van der Waals surface area contributed by atoms with Crippen molar-refractivity contribution in [3.63, 3.8) is 0 Å². The van der Waals surface area contributed by atoms with Gasteiger partial charge >= 0.3 is 0 Å². The second-order valence-electron chi connectivity index (χ2n) is 7.13. The number of H-pyrrole nitrogens is 1. The van der Waals surface area contributed by atoms with Gasteiger partial charge in [0.2, 0.25) is 0 Å². The third-order valence-electron chi connectivity index (χ3n) is 5.13. The molecule has 0 radical (unpaired) electrons. The first-order valence-corrected chi connectivity index (χ1v) is 10.7. The van der Waals surface area contributed by atoms with Gasteiger partial charge in [-0.1, -0.05) is 26.5 Å². The molecular formula is C23H30N8O. The number of allylic oxidation sites excluding steroid dienone is 1. The number of rotatable bonds is 9. The Labute approximate surface area is 188 Å². The molecule has 0 aliphatic carbocycles. The number of carbonyl (C=O) groups excluding carboxylic acids is 1. The summed E-state index contributed by atoms with van der Waals surface area (Å²) in [6.45, 7) is 13.7. The first-order valence-electron chi connectivity index (χ1n) is 10.7. The van der Waals surface area contributed by atoms with Gasteiger partial charge in [-0.25, -0.2) is 4.99 Å². The number of aromatic nitrogens is 3. The van der Waals surface area contributed by atoms with Gasteiger partial charge in [-0.3, -0.25) is 4.79 Å². The van der Waals surface area contributed by atoms with Crippen LogP contribution in [0.25, 0.3) is 5.70 Å². The smallest absolute Gasteiger partial charge is 0.251 e. The van der Waals surface area contributed by atoms with Crippen LogP contribution in [0.1, 0.15) is 36.8 Å². The van der Waals surface area contributed by atoms with Crippen LogP contribution in [0.15, 0.2) is 66.2 Å². The highest BCUT2D eigenvalue weighted by Gasteiger charge is 2.22. The minimum atomic E-state index is -0.0810. The minimum Gasteiger partial charge on any atom is -0.351 e. The maximum absolute atomic E-state index is 12.4. The zero-order valence-corrected chi connectivity index (χ0v) is 18.8. The zero-order valence-electron chi connectivity index (χ0n) is 18.8. The van der Waals surface area contributed by atoms with E-state index in [0.29, 0.717) is 29.3 Å². The van der Waals surface area contributed by atoms with Crippen molar-refractivity contribution in [1.82, 2.24) is 30.5 Å². The molecule has 0 spiro atoms. The lowest BCUT2D eigenvalue weighted by atomic mass is 10.2. The van der Waals surface area contributed by atoms with Gasteiger partial charge in [0.05, 0.1) is 23.8 Å². The van der Waals surface area contributed by atoms with E-state index in [1.807, 2.05) is 36.2 Å². The number of nitrogens with zero attached hydrogens (tertiary/aromatic N) is 5. The van der Waals surface area contributed by atoms with Crippen LogP contribution in [-0.4, -0.2) is 63.1 Å². The number of carbonyl (C=O) groups is 1. The van der Waals surface area contributed by atoms with Crippen molar-refractivity contribution in [2.24, 2.45) is 4.99 Å². The zero-order chi connectivity index (χ0) is 22.9. The summed E-state index contributed by atoms with van der Waals surface area (Å²) in [7, 11) is 0. The monoisotopic (exact) mass is 434 g/mol. The van der Waals surface area contributed by atoms with E-state index in [1.165, 1.54) is 0 Å². The Hall–Kier alpha value is -3.72. The first kappa shape index (κ1) is 23.0. The molecule has 0 unspecified atom stereocenters. The van der Waals surface area contributed by atoms with Crippen LogP contribution in [0.3, 0.4) is 0 Å². The van der Waals surface area contributed by atoms with E-state index in [1.54, 1.807) is 24.5 Å². The molecule has 168 valence electrons. The lowest BCUT2D eigenvalue weighted by Crippen LogP contribution is -2.34. The molecule has 2 heterocycles. The number of amides is 1. The number of hydrogen-bond donors (Lipinski definition) is 3. The van der Waals surface area contributed by atoms with Crippen LogP contribution in [0.2, 0.25) is 0 Å². The number of anilines is 1. The SMILES string of the molecule is C=C1C(Nc2ccc(C(=O)NCCN(CC)CC)cc2)=NC=C(c2cn[nH]n2)N1/C=C\C. The van der Waals surface area contributed by atoms with Crippen molar-refractivity contribution in [3.05, 3.63) is 72.5 Å². The summed E-state index contributed by atoms with van der Waals surface area (Å²) in [6, 6.07) is 7.29. The van der Waals surface area contributed by atoms with Crippen LogP contribution >= 0.6 is 0 Å². The summed E-state index contributed by atoms with van der Waals surface area (Å²) in [5, 5.41) is 16.9. The van der Waals surface area contributed by atoms with Gasteiger partial charge in [0, 0.05) is 30.5 Å². The standard InChI is InChI=1S/C23H30N8O/c1-5-13-31-17(4)22(25-16-21(31)20-15-26-29-28-20)27-19-10-8-18(9-11-19)23(32)24-12-14-30(6-2)7-3/h5,8-11,13,15-16H,4,6-7,12,14H2,1-3H3,(H,24,32)(H,25,27)(H,26,28,29)/b13-5-. The molecule has 0 saturated heterocycles. The molecule has 9 heteroatoms. The van der Waals surface area contributed by atoms with Gasteiger partial charge in [-0.2, -0.15) is 15.4 Å². The highest BCUT2D eigenvalue weighted by Crippen LogP contribution is 2.26. The topological polar surface area (TPSA) is 102 Å². The van der Waals surface area contributed by atoms with Crippen molar-refractivity contribution in [2.75, 3.05) is 31.5 Å². The van der Waals surface area contributed by atoms with Crippen molar-refractivity contribution < 1.29 is 4.79 Å². The molecule has 1 aliphatic rings. The molecule has 1 aliphatic heterocycles. The summed E-state index contributed by atoms with van der Waals surface area (Å²) >= 11 is 0. The lowest BCUT2D eigenvalue weighted by molar-refractivity contribution is 0.0949. The molecule has 32 heavy (non-hydrogen) atoms. The fraction of sp³-hybridized carbons (Fsp3) is 0.304. The Morgan fingerprint density at radius 1 is 1.25 bits per heavy atom. The number of benzene rings is 1. The van der Waals surface area contributed by atoms with E-state index in [2.05, 4.69) is 56.4 Å². The fourth-order valence-corrected chi connectivity index (χ4v) is 3.27.